The van der Waals surface area contributed by atoms with E-state index in [2.05, 4.69) is 29.4 Å². The zero-order chi connectivity index (χ0) is 17.9. The number of aromatic hydroxyl groups is 1. The van der Waals surface area contributed by atoms with Crippen LogP contribution in [0.4, 0.5) is 0 Å². The molecule has 0 saturated carbocycles. The maximum Gasteiger partial charge on any atom is 0.191 e. The normalized spacial score (nSPS) is 16.2. The number of phenols is 1. The van der Waals surface area contributed by atoms with E-state index in [9.17, 15) is 5.11 Å². The van der Waals surface area contributed by atoms with E-state index in [0.29, 0.717) is 18.3 Å². The first-order valence-corrected chi connectivity index (χ1v) is 9.76. The van der Waals surface area contributed by atoms with E-state index in [0.717, 1.165) is 24.5 Å². The van der Waals surface area contributed by atoms with Crippen LogP contribution in [0.3, 0.4) is 0 Å². The number of nitrogens with one attached hydrogen (secondary N) is 2. The van der Waals surface area contributed by atoms with E-state index in [1.807, 2.05) is 18.2 Å². The lowest BCUT2D eigenvalue weighted by atomic mass is 10.0. The third-order valence-electron chi connectivity index (χ3n) is 4.68. The summed E-state index contributed by atoms with van der Waals surface area (Å²) < 4.78 is 0. The van der Waals surface area contributed by atoms with Crippen LogP contribution in [0.1, 0.15) is 45.1 Å². The van der Waals surface area contributed by atoms with E-state index in [4.69, 9.17) is 4.99 Å². The van der Waals surface area contributed by atoms with Crippen LogP contribution in [0, 0.1) is 0 Å². The standard InChI is InChI=1S/C20H34N4O.HI/c1-3-5-13-24-14-10-18(11-15-24)23-20(21-4-2)22-12-9-17-7-6-8-19(25)16-17;/h6-8,16,18,25H,3-5,9-15H2,1-2H3,(H2,21,22,23);1H. The van der Waals surface area contributed by atoms with E-state index in [1.54, 1.807) is 6.07 Å². The Kier molecular flexibility index (Phi) is 11.7. The lowest BCUT2D eigenvalue weighted by Gasteiger charge is -2.33. The topological polar surface area (TPSA) is 59.9 Å². The molecule has 6 heteroatoms. The number of guanidine groups is 1. The lowest BCUT2D eigenvalue weighted by molar-refractivity contribution is 0.203. The predicted molar refractivity (Wildman–Crippen MR) is 121 cm³/mol. The van der Waals surface area contributed by atoms with Crippen molar-refractivity contribution in [2.75, 3.05) is 32.7 Å². The van der Waals surface area contributed by atoms with Gasteiger partial charge in [0.1, 0.15) is 5.75 Å². The molecule has 1 aromatic carbocycles. The van der Waals surface area contributed by atoms with Crippen LogP contribution in [0.2, 0.25) is 0 Å². The minimum Gasteiger partial charge on any atom is -0.508 e. The van der Waals surface area contributed by atoms with Gasteiger partial charge in [-0.1, -0.05) is 25.5 Å². The Bertz CT molecular complexity index is 530. The zero-order valence-electron chi connectivity index (χ0n) is 16.2. The van der Waals surface area contributed by atoms with Crippen LogP contribution < -0.4 is 10.6 Å². The molecule has 1 heterocycles. The fourth-order valence-corrected chi connectivity index (χ4v) is 3.20. The third-order valence-corrected chi connectivity index (χ3v) is 4.68. The van der Waals surface area contributed by atoms with Crippen LogP contribution in [0.25, 0.3) is 0 Å². The molecule has 0 spiro atoms. The molecule has 0 amide bonds. The Morgan fingerprint density at radius 1 is 1.27 bits per heavy atom. The molecule has 2 rings (SSSR count). The zero-order valence-corrected chi connectivity index (χ0v) is 18.5. The Morgan fingerprint density at radius 2 is 2.04 bits per heavy atom. The Morgan fingerprint density at radius 3 is 2.69 bits per heavy atom. The summed E-state index contributed by atoms with van der Waals surface area (Å²) in [5, 5.41) is 16.5. The number of halogens is 1. The van der Waals surface area contributed by atoms with Crippen LogP contribution in [0.15, 0.2) is 29.3 Å². The Labute approximate surface area is 175 Å². The molecule has 1 aliphatic rings. The molecular formula is C20H35IN4O. The van der Waals surface area contributed by atoms with Gasteiger partial charge in [-0.2, -0.15) is 0 Å². The highest BCUT2D eigenvalue weighted by Gasteiger charge is 2.19. The minimum absolute atomic E-state index is 0. The van der Waals surface area contributed by atoms with Crippen LogP contribution in [-0.2, 0) is 6.42 Å². The molecule has 1 aromatic rings. The third kappa shape index (κ3) is 8.58. The molecule has 1 aliphatic heterocycles. The summed E-state index contributed by atoms with van der Waals surface area (Å²) in [6, 6.07) is 7.93. The number of phenolic OH excluding ortho intramolecular Hbond substituents is 1. The number of likely N-dealkylation sites (tertiary alicyclic amines) is 1. The van der Waals surface area contributed by atoms with Crippen molar-refractivity contribution >= 4 is 29.9 Å². The van der Waals surface area contributed by atoms with Gasteiger partial charge in [0, 0.05) is 32.2 Å². The van der Waals surface area contributed by atoms with Gasteiger partial charge in [-0.15, -0.1) is 24.0 Å². The van der Waals surface area contributed by atoms with Crippen molar-refractivity contribution in [1.29, 1.82) is 0 Å². The van der Waals surface area contributed by atoms with Gasteiger partial charge in [-0.25, -0.2) is 0 Å². The van der Waals surface area contributed by atoms with E-state index in [-0.39, 0.29) is 24.0 Å². The molecule has 148 valence electrons. The molecule has 3 N–H and O–H groups in total. The number of aliphatic imine (C=N–C) groups is 1. The first-order chi connectivity index (χ1) is 12.2. The highest BCUT2D eigenvalue weighted by molar-refractivity contribution is 14.0. The summed E-state index contributed by atoms with van der Waals surface area (Å²) in [7, 11) is 0. The molecule has 0 unspecified atom stereocenters. The largest absolute Gasteiger partial charge is 0.508 e. The molecule has 1 saturated heterocycles. The predicted octanol–water partition coefficient (Wildman–Crippen LogP) is 3.37. The highest BCUT2D eigenvalue weighted by atomic mass is 127. The van der Waals surface area contributed by atoms with Crippen molar-refractivity contribution in [3.8, 4) is 5.75 Å². The SMILES string of the molecule is CCCCN1CCC(NC(=NCCc2cccc(O)c2)NCC)CC1.I. The number of piperidine rings is 1. The van der Waals surface area contributed by atoms with Gasteiger partial charge in [-0.05, 0) is 56.8 Å². The molecule has 5 nitrogen and oxygen atoms in total. The van der Waals surface area contributed by atoms with E-state index < -0.39 is 0 Å². The molecule has 1 fully saturated rings. The summed E-state index contributed by atoms with van der Waals surface area (Å²) in [6.07, 6.45) is 5.77. The highest BCUT2D eigenvalue weighted by Crippen LogP contribution is 2.12. The number of rotatable bonds is 8. The van der Waals surface area contributed by atoms with Crippen molar-refractivity contribution in [2.45, 2.75) is 52.0 Å². The summed E-state index contributed by atoms with van der Waals surface area (Å²) in [5.41, 5.74) is 1.11. The molecule has 26 heavy (non-hydrogen) atoms. The van der Waals surface area contributed by atoms with Gasteiger partial charge in [0.15, 0.2) is 5.96 Å². The Hall–Kier alpha value is -1.02. The fourth-order valence-electron chi connectivity index (χ4n) is 3.20. The monoisotopic (exact) mass is 474 g/mol. The first kappa shape index (κ1) is 23.0. The quantitative estimate of drug-likeness (QED) is 0.307. The van der Waals surface area contributed by atoms with Gasteiger partial charge in [0.25, 0.3) is 0 Å². The van der Waals surface area contributed by atoms with E-state index in [1.165, 1.54) is 45.3 Å². The number of hydrogen-bond donors (Lipinski definition) is 3. The number of benzene rings is 1. The van der Waals surface area contributed by atoms with E-state index >= 15 is 0 Å². The molecule has 0 aromatic heterocycles. The number of hydrogen-bond acceptors (Lipinski definition) is 3. The van der Waals surface area contributed by atoms with Crippen molar-refractivity contribution in [3.05, 3.63) is 29.8 Å². The second kappa shape index (κ2) is 13.2. The molecule has 0 aliphatic carbocycles. The summed E-state index contributed by atoms with van der Waals surface area (Å²) >= 11 is 0. The van der Waals surface area contributed by atoms with Crippen LogP contribution in [-0.4, -0.2) is 54.7 Å². The van der Waals surface area contributed by atoms with Gasteiger partial charge < -0.3 is 20.6 Å². The summed E-state index contributed by atoms with van der Waals surface area (Å²) in [6.45, 7) is 9.54. The maximum atomic E-state index is 9.53. The number of nitrogens with zero attached hydrogens (tertiary/aromatic N) is 2. The van der Waals surface area contributed by atoms with Crippen molar-refractivity contribution in [3.63, 3.8) is 0 Å². The van der Waals surface area contributed by atoms with Crippen molar-refractivity contribution in [2.24, 2.45) is 4.99 Å². The van der Waals surface area contributed by atoms with Gasteiger partial charge >= 0.3 is 0 Å². The van der Waals surface area contributed by atoms with Gasteiger partial charge in [-0.3, -0.25) is 4.99 Å². The molecule has 0 atom stereocenters. The Balaban J connectivity index is 0.00000338. The molecule has 0 bridgehead atoms. The fraction of sp³-hybridized carbons (Fsp3) is 0.650. The van der Waals surface area contributed by atoms with Gasteiger partial charge in [0.2, 0.25) is 0 Å². The first-order valence-electron chi connectivity index (χ1n) is 9.76. The summed E-state index contributed by atoms with van der Waals surface area (Å²) in [4.78, 5) is 7.28. The molecular weight excluding hydrogens is 439 g/mol. The van der Waals surface area contributed by atoms with Crippen LogP contribution in [0.5, 0.6) is 5.75 Å². The maximum absolute atomic E-state index is 9.53. The average Bonchev–Trinajstić information content (AvgIpc) is 2.61. The van der Waals surface area contributed by atoms with Crippen molar-refractivity contribution in [1.82, 2.24) is 15.5 Å². The average molecular weight is 474 g/mol. The van der Waals surface area contributed by atoms with Gasteiger partial charge in [0.05, 0.1) is 0 Å². The lowest BCUT2D eigenvalue weighted by Crippen LogP contribution is -2.48. The smallest absolute Gasteiger partial charge is 0.191 e. The minimum atomic E-state index is 0. The second-order valence-electron chi connectivity index (χ2n) is 6.79. The molecule has 0 radical (unpaired) electrons. The second-order valence-corrected chi connectivity index (χ2v) is 6.79. The number of unbranched alkanes of at least 4 members (excludes halogenated alkanes) is 1. The van der Waals surface area contributed by atoms with Crippen LogP contribution >= 0.6 is 24.0 Å². The summed E-state index contributed by atoms with van der Waals surface area (Å²) in [5.74, 6) is 1.23. The van der Waals surface area contributed by atoms with Crippen molar-refractivity contribution < 1.29 is 5.11 Å².